The van der Waals surface area contributed by atoms with Gasteiger partial charge in [-0.25, -0.2) is 4.98 Å². The maximum atomic E-state index is 6.01. The molecule has 0 spiro atoms. The molecule has 2 unspecified atom stereocenters. The number of rotatable bonds is 5. The lowest BCUT2D eigenvalue weighted by molar-refractivity contribution is 0.158. The molecule has 0 amide bonds. The van der Waals surface area contributed by atoms with Gasteiger partial charge in [0.15, 0.2) is 0 Å². The Morgan fingerprint density at radius 3 is 3.25 bits per heavy atom. The second-order valence-corrected chi connectivity index (χ2v) is 5.61. The zero-order chi connectivity index (χ0) is 11.4. The summed E-state index contributed by atoms with van der Waals surface area (Å²) in [5.74, 6) is 0. The first kappa shape index (κ1) is 12.0. The number of nitrogens with zero attached hydrogens (tertiary/aromatic N) is 1. The summed E-state index contributed by atoms with van der Waals surface area (Å²) in [6, 6.07) is 0.153. The Labute approximate surface area is 100 Å². The lowest BCUT2D eigenvalue weighted by atomic mass is 9.86. The van der Waals surface area contributed by atoms with E-state index in [0.29, 0.717) is 6.61 Å². The third-order valence-electron chi connectivity index (χ3n) is 3.15. The summed E-state index contributed by atoms with van der Waals surface area (Å²) >= 11 is 1.70. The van der Waals surface area contributed by atoms with Crippen LogP contribution in [0, 0.1) is 5.41 Å². The van der Waals surface area contributed by atoms with Crippen LogP contribution < -0.4 is 11.1 Å². The molecule has 0 saturated carbocycles. The first-order valence-corrected chi connectivity index (χ1v) is 6.51. The van der Waals surface area contributed by atoms with E-state index >= 15 is 0 Å². The van der Waals surface area contributed by atoms with Crippen LogP contribution in [0.5, 0.6) is 0 Å². The minimum absolute atomic E-state index is 0.0862. The fourth-order valence-corrected chi connectivity index (χ4v) is 2.48. The molecular formula is C11H19N3OS. The van der Waals surface area contributed by atoms with Gasteiger partial charge in [0.2, 0.25) is 0 Å². The maximum absolute atomic E-state index is 6.01. The minimum Gasteiger partial charge on any atom is -0.379 e. The topological polar surface area (TPSA) is 60.2 Å². The second-order valence-electron chi connectivity index (χ2n) is 4.63. The smallest absolute Gasteiger partial charge is 0.0937 e. The van der Waals surface area contributed by atoms with E-state index in [1.807, 2.05) is 11.6 Å². The quantitative estimate of drug-likeness (QED) is 0.743. The number of aromatic nitrogens is 1. The summed E-state index contributed by atoms with van der Waals surface area (Å²) in [7, 11) is 0. The van der Waals surface area contributed by atoms with Crippen LogP contribution in [0.1, 0.15) is 11.9 Å². The Morgan fingerprint density at radius 2 is 2.62 bits per heavy atom. The van der Waals surface area contributed by atoms with Crippen molar-refractivity contribution in [1.82, 2.24) is 10.3 Å². The fraction of sp³-hybridized carbons (Fsp3) is 0.727. The Balaban J connectivity index is 1.68. The molecule has 16 heavy (non-hydrogen) atoms. The average Bonchev–Trinajstić information content (AvgIpc) is 2.86. The van der Waals surface area contributed by atoms with Gasteiger partial charge in [-0.05, 0) is 0 Å². The van der Waals surface area contributed by atoms with E-state index in [9.17, 15) is 0 Å². The van der Waals surface area contributed by atoms with Crippen LogP contribution in [0.2, 0.25) is 0 Å². The van der Waals surface area contributed by atoms with E-state index < -0.39 is 0 Å². The fourth-order valence-electron chi connectivity index (χ4n) is 1.86. The van der Waals surface area contributed by atoms with Crippen molar-refractivity contribution < 1.29 is 4.74 Å². The first-order chi connectivity index (χ1) is 7.71. The lowest BCUT2D eigenvalue weighted by Crippen LogP contribution is -2.45. The van der Waals surface area contributed by atoms with Crippen molar-refractivity contribution in [3.8, 4) is 0 Å². The second kappa shape index (κ2) is 5.23. The molecular weight excluding hydrogens is 222 g/mol. The Bertz CT molecular complexity index is 317. The van der Waals surface area contributed by atoms with Gasteiger partial charge in [-0.3, -0.25) is 0 Å². The molecule has 2 rings (SSSR count). The Morgan fingerprint density at radius 1 is 1.75 bits per heavy atom. The predicted octanol–water partition coefficient (Wildman–Crippen LogP) is 0.639. The third-order valence-corrected chi connectivity index (χ3v) is 3.99. The van der Waals surface area contributed by atoms with Gasteiger partial charge in [-0.2, -0.15) is 0 Å². The molecule has 1 aliphatic heterocycles. The van der Waals surface area contributed by atoms with Gasteiger partial charge in [0, 0.05) is 42.5 Å². The molecule has 3 N–H and O–H groups in total. The van der Waals surface area contributed by atoms with Gasteiger partial charge in [0.1, 0.15) is 0 Å². The number of hydrogen-bond acceptors (Lipinski definition) is 5. The molecule has 1 fully saturated rings. The molecule has 1 aliphatic rings. The molecule has 90 valence electrons. The molecule has 5 heteroatoms. The van der Waals surface area contributed by atoms with Crippen molar-refractivity contribution >= 4 is 11.3 Å². The molecule has 1 aromatic rings. The van der Waals surface area contributed by atoms with Gasteiger partial charge in [0.05, 0.1) is 18.2 Å². The van der Waals surface area contributed by atoms with Crippen LogP contribution >= 0.6 is 11.3 Å². The van der Waals surface area contributed by atoms with Gasteiger partial charge in [-0.1, -0.05) is 6.92 Å². The highest BCUT2D eigenvalue weighted by molar-refractivity contribution is 7.09. The van der Waals surface area contributed by atoms with Crippen LogP contribution in [-0.2, 0) is 11.2 Å². The van der Waals surface area contributed by atoms with Gasteiger partial charge < -0.3 is 15.8 Å². The zero-order valence-corrected chi connectivity index (χ0v) is 10.4. The van der Waals surface area contributed by atoms with Crippen LogP contribution in [0.4, 0.5) is 0 Å². The summed E-state index contributed by atoms with van der Waals surface area (Å²) in [4.78, 5) is 4.25. The summed E-state index contributed by atoms with van der Waals surface area (Å²) < 4.78 is 5.40. The number of thiazole rings is 1. The third kappa shape index (κ3) is 2.79. The van der Waals surface area contributed by atoms with Crippen LogP contribution in [0.3, 0.4) is 0 Å². The molecule has 0 bridgehead atoms. The van der Waals surface area contributed by atoms with Gasteiger partial charge in [0.25, 0.3) is 0 Å². The highest BCUT2D eigenvalue weighted by atomic mass is 32.1. The molecule has 4 nitrogen and oxygen atoms in total. The molecule has 0 aliphatic carbocycles. The summed E-state index contributed by atoms with van der Waals surface area (Å²) in [5.41, 5.74) is 6.10. The molecule has 2 heterocycles. The van der Waals surface area contributed by atoms with Crippen molar-refractivity contribution in [2.45, 2.75) is 19.4 Å². The molecule has 1 aromatic heterocycles. The number of nitrogens with two attached hydrogens (primary N) is 1. The van der Waals surface area contributed by atoms with E-state index in [2.05, 4.69) is 17.2 Å². The number of ether oxygens (including phenoxy) is 1. The zero-order valence-electron chi connectivity index (χ0n) is 9.61. The monoisotopic (exact) mass is 241 g/mol. The van der Waals surface area contributed by atoms with E-state index in [0.717, 1.165) is 26.1 Å². The number of nitrogens with one attached hydrogen (secondary N) is 1. The first-order valence-electron chi connectivity index (χ1n) is 5.63. The van der Waals surface area contributed by atoms with Gasteiger partial charge in [-0.15, -0.1) is 11.3 Å². The van der Waals surface area contributed by atoms with Gasteiger partial charge >= 0.3 is 0 Å². The summed E-state index contributed by atoms with van der Waals surface area (Å²) in [5, 5.41) is 6.64. The summed E-state index contributed by atoms with van der Waals surface area (Å²) in [6.07, 6.45) is 2.84. The van der Waals surface area contributed by atoms with Crippen molar-refractivity contribution in [3.05, 3.63) is 16.6 Å². The normalized spacial score (nSPS) is 29.8. The summed E-state index contributed by atoms with van der Waals surface area (Å²) in [6.45, 7) is 5.50. The SMILES string of the molecule is CC1(CNCCc2nccs2)COCC1N. The van der Waals surface area contributed by atoms with Crippen LogP contribution in [0.25, 0.3) is 0 Å². The molecule has 1 saturated heterocycles. The van der Waals surface area contributed by atoms with E-state index in [4.69, 9.17) is 10.5 Å². The molecule has 2 atom stereocenters. The van der Waals surface area contributed by atoms with E-state index in [1.54, 1.807) is 11.3 Å². The molecule has 0 aromatic carbocycles. The predicted molar refractivity (Wildman–Crippen MR) is 65.6 cm³/mol. The van der Waals surface area contributed by atoms with E-state index in [-0.39, 0.29) is 11.5 Å². The largest absolute Gasteiger partial charge is 0.379 e. The lowest BCUT2D eigenvalue weighted by Gasteiger charge is -2.27. The van der Waals surface area contributed by atoms with Crippen LogP contribution in [-0.4, -0.2) is 37.3 Å². The van der Waals surface area contributed by atoms with Crippen molar-refractivity contribution in [2.75, 3.05) is 26.3 Å². The molecule has 0 radical (unpaired) electrons. The number of hydrogen-bond donors (Lipinski definition) is 2. The Kier molecular flexibility index (Phi) is 3.91. The highest BCUT2D eigenvalue weighted by Gasteiger charge is 2.36. The Hall–Kier alpha value is -0.490. The minimum atomic E-state index is 0.0862. The maximum Gasteiger partial charge on any atom is 0.0937 e. The van der Waals surface area contributed by atoms with E-state index in [1.165, 1.54) is 5.01 Å². The standard InChI is InChI=1S/C11H19N3OS/c1-11(8-15-6-9(11)12)7-13-3-2-10-14-4-5-16-10/h4-5,9,13H,2-3,6-8,12H2,1H3. The average molecular weight is 241 g/mol. The van der Waals surface area contributed by atoms with Crippen molar-refractivity contribution in [2.24, 2.45) is 11.1 Å². The van der Waals surface area contributed by atoms with Crippen molar-refractivity contribution in [3.63, 3.8) is 0 Å². The highest BCUT2D eigenvalue weighted by Crippen LogP contribution is 2.25. The van der Waals surface area contributed by atoms with Crippen LogP contribution in [0.15, 0.2) is 11.6 Å². The van der Waals surface area contributed by atoms with Crippen molar-refractivity contribution in [1.29, 1.82) is 0 Å².